The average molecular weight is 369 g/mol. The van der Waals surface area contributed by atoms with E-state index < -0.39 is 5.97 Å². The Hall–Kier alpha value is -3.38. The fraction of sp³-hybridized carbons (Fsp3) is 0. The van der Waals surface area contributed by atoms with Crippen LogP contribution < -0.4 is 10.2 Å². The van der Waals surface area contributed by atoms with Gasteiger partial charge in [0.2, 0.25) is 5.76 Å². The van der Waals surface area contributed by atoms with Crippen LogP contribution in [0.25, 0.3) is 0 Å². The number of hydrogen-bond donors (Lipinski definition) is 1. The predicted octanol–water partition coefficient (Wildman–Crippen LogP) is 3.92. The van der Waals surface area contributed by atoms with E-state index in [4.69, 9.17) is 20.8 Å². The lowest BCUT2D eigenvalue weighted by molar-refractivity contribution is 0.0701. The number of rotatable bonds is 5. The summed E-state index contributed by atoms with van der Waals surface area (Å²) in [6, 6.07) is 16.2. The first-order valence-electron chi connectivity index (χ1n) is 7.56. The number of benzene rings is 2. The van der Waals surface area contributed by atoms with Crippen molar-refractivity contribution < 1.29 is 18.7 Å². The van der Waals surface area contributed by atoms with Crippen LogP contribution in [-0.2, 0) is 0 Å². The zero-order valence-electron chi connectivity index (χ0n) is 13.4. The van der Waals surface area contributed by atoms with Crippen molar-refractivity contribution in [2.75, 3.05) is 0 Å². The minimum atomic E-state index is -0.577. The van der Waals surface area contributed by atoms with E-state index in [0.29, 0.717) is 16.3 Å². The highest BCUT2D eigenvalue weighted by Gasteiger charge is 2.10. The third-order valence-corrected chi connectivity index (χ3v) is 3.55. The summed E-state index contributed by atoms with van der Waals surface area (Å²) in [4.78, 5) is 23.7. The van der Waals surface area contributed by atoms with Crippen LogP contribution in [0.3, 0.4) is 0 Å². The Morgan fingerprint density at radius 2 is 1.77 bits per heavy atom. The summed E-state index contributed by atoms with van der Waals surface area (Å²) in [5.41, 5.74) is 3.59. The van der Waals surface area contributed by atoms with E-state index >= 15 is 0 Å². The Bertz CT molecular complexity index is 917. The van der Waals surface area contributed by atoms with Crippen LogP contribution in [0, 0.1) is 0 Å². The number of carbonyl (C=O) groups excluding carboxylic acids is 2. The van der Waals surface area contributed by atoms with Crippen LogP contribution in [0.5, 0.6) is 5.75 Å². The highest BCUT2D eigenvalue weighted by molar-refractivity contribution is 6.30. The first-order chi connectivity index (χ1) is 12.6. The molecule has 1 heterocycles. The number of hydrogen-bond acceptors (Lipinski definition) is 5. The molecule has 0 aliphatic carbocycles. The van der Waals surface area contributed by atoms with Crippen LogP contribution in [0.4, 0.5) is 0 Å². The molecule has 0 fully saturated rings. The van der Waals surface area contributed by atoms with Crippen molar-refractivity contribution in [2.24, 2.45) is 5.10 Å². The molecule has 1 amide bonds. The van der Waals surface area contributed by atoms with E-state index in [1.807, 2.05) is 0 Å². The molecule has 1 aromatic heterocycles. The molecule has 0 bridgehead atoms. The molecule has 0 aliphatic heterocycles. The van der Waals surface area contributed by atoms with Crippen molar-refractivity contribution in [3.63, 3.8) is 0 Å². The van der Waals surface area contributed by atoms with E-state index in [-0.39, 0.29) is 11.7 Å². The second-order valence-electron chi connectivity index (χ2n) is 5.14. The van der Waals surface area contributed by atoms with Gasteiger partial charge in [0.25, 0.3) is 5.91 Å². The number of amides is 1. The van der Waals surface area contributed by atoms with Crippen LogP contribution in [-0.4, -0.2) is 18.1 Å². The lowest BCUT2D eigenvalue weighted by atomic mass is 10.2. The molecular weight excluding hydrogens is 356 g/mol. The van der Waals surface area contributed by atoms with Crippen molar-refractivity contribution in [1.29, 1.82) is 0 Å². The van der Waals surface area contributed by atoms with Gasteiger partial charge in [0.1, 0.15) is 5.75 Å². The molecule has 3 aromatic rings. The largest absolute Gasteiger partial charge is 0.457 e. The molecule has 0 spiro atoms. The Balaban J connectivity index is 1.55. The zero-order chi connectivity index (χ0) is 18.4. The maximum absolute atomic E-state index is 11.9. The van der Waals surface area contributed by atoms with Crippen molar-refractivity contribution in [2.45, 2.75) is 0 Å². The fourth-order valence-electron chi connectivity index (χ4n) is 2.01. The van der Waals surface area contributed by atoms with Gasteiger partial charge in [-0.15, -0.1) is 0 Å². The normalized spacial score (nSPS) is 10.7. The van der Waals surface area contributed by atoms with Gasteiger partial charge in [0.15, 0.2) is 0 Å². The van der Waals surface area contributed by atoms with Gasteiger partial charge in [0, 0.05) is 10.6 Å². The number of ether oxygens (including phenoxy) is 1. The Morgan fingerprint density at radius 1 is 1.04 bits per heavy atom. The van der Waals surface area contributed by atoms with E-state index in [0.717, 1.165) is 5.56 Å². The number of hydrazone groups is 1. The summed E-state index contributed by atoms with van der Waals surface area (Å²) in [6.07, 6.45) is 2.88. The Kier molecular flexibility index (Phi) is 5.46. The third kappa shape index (κ3) is 4.58. The quantitative estimate of drug-likeness (QED) is 0.320. The van der Waals surface area contributed by atoms with Gasteiger partial charge in [-0.05, 0) is 66.2 Å². The summed E-state index contributed by atoms with van der Waals surface area (Å²) in [5.74, 6) is -0.428. The minimum absolute atomic E-state index is 0.126. The summed E-state index contributed by atoms with van der Waals surface area (Å²) < 4.78 is 10.1. The van der Waals surface area contributed by atoms with Crippen molar-refractivity contribution in [1.82, 2.24) is 5.43 Å². The number of esters is 1. The summed E-state index contributed by atoms with van der Waals surface area (Å²) in [5, 5.41) is 4.44. The minimum Gasteiger partial charge on any atom is -0.457 e. The standard InChI is InChI=1S/C19H13ClN2O4/c20-15-7-5-14(6-8-15)18(23)22-21-12-13-3-9-16(10-4-13)26-19(24)17-2-1-11-25-17/h1-12H,(H,22,23)/b21-12+. The molecule has 7 heteroatoms. The number of nitrogens with one attached hydrogen (secondary N) is 1. The van der Waals surface area contributed by atoms with Crippen molar-refractivity contribution >= 4 is 29.7 Å². The SMILES string of the molecule is O=C(N/N=C/c1ccc(OC(=O)c2ccco2)cc1)c1ccc(Cl)cc1. The molecule has 26 heavy (non-hydrogen) atoms. The number of nitrogens with zero attached hydrogens (tertiary/aromatic N) is 1. The highest BCUT2D eigenvalue weighted by Crippen LogP contribution is 2.14. The van der Waals surface area contributed by atoms with E-state index in [1.165, 1.54) is 18.5 Å². The fourth-order valence-corrected chi connectivity index (χ4v) is 2.13. The van der Waals surface area contributed by atoms with Crippen LogP contribution in [0.15, 0.2) is 76.4 Å². The summed E-state index contributed by atoms with van der Waals surface area (Å²) in [7, 11) is 0. The molecule has 6 nitrogen and oxygen atoms in total. The van der Waals surface area contributed by atoms with Gasteiger partial charge in [-0.3, -0.25) is 4.79 Å². The van der Waals surface area contributed by atoms with E-state index in [2.05, 4.69) is 10.5 Å². The van der Waals surface area contributed by atoms with Crippen molar-refractivity contribution in [3.8, 4) is 5.75 Å². The molecule has 3 rings (SSSR count). The average Bonchev–Trinajstić information content (AvgIpc) is 3.18. The Morgan fingerprint density at radius 3 is 2.42 bits per heavy atom. The molecule has 2 aromatic carbocycles. The van der Waals surface area contributed by atoms with Crippen LogP contribution in [0.1, 0.15) is 26.5 Å². The van der Waals surface area contributed by atoms with Crippen molar-refractivity contribution in [3.05, 3.63) is 88.8 Å². The highest BCUT2D eigenvalue weighted by atomic mass is 35.5. The first kappa shape index (κ1) is 17.4. The summed E-state index contributed by atoms with van der Waals surface area (Å²) in [6.45, 7) is 0. The summed E-state index contributed by atoms with van der Waals surface area (Å²) >= 11 is 5.78. The van der Waals surface area contributed by atoms with E-state index in [9.17, 15) is 9.59 Å². The topological polar surface area (TPSA) is 80.9 Å². The lowest BCUT2D eigenvalue weighted by Gasteiger charge is -2.02. The van der Waals surface area contributed by atoms with Gasteiger partial charge < -0.3 is 9.15 Å². The lowest BCUT2D eigenvalue weighted by Crippen LogP contribution is -2.17. The van der Waals surface area contributed by atoms with Gasteiger partial charge in [0.05, 0.1) is 12.5 Å². The number of carbonyl (C=O) groups is 2. The molecule has 0 saturated heterocycles. The van der Waals surface area contributed by atoms with E-state index in [1.54, 1.807) is 54.6 Å². The monoisotopic (exact) mass is 368 g/mol. The maximum Gasteiger partial charge on any atom is 0.379 e. The van der Waals surface area contributed by atoms with Gasteiger partial charge >= 0.3 is 5.97 Å². The molecular formula is C19H13ClN2O4. The molecule has 0 radical (unpaired) electrons. The second-order valence-corrected chi connectivity index (χ2v) is 5.58. The predicted molar refractivity (Wildman–Crippen MR) is 96.6 cm³/mol. The molecule has 0 saturated carbocycles. The maximum atomic E-state index is 11.9. The molecule has 0 unspecified atom stereocenters. The molecule has 0 aliphatic rings. The number of furan rings is 1. The van der Waals surface area contributed by atoms with Crippen LogP contribution >= 0.6 is 11.6 Å². The Labute approximate surface area is 154 Å². The molecule has 0 atom stereocenters. The molecule has 130 valence electrons. The number of halogens is 1. The van der Waals surface area contributed by atoms with Gasteiger partial charge in [-0.2, -0.15) is 5.10 Å². The molecule has 1 N–H and O–H groups in total. The first-order valence-corrected chi connectivity index (χ1v) is 7.94. The second kappa shape index (κ2) is 8.13. The van der Waals surface area contributed by atoms with Gasteiger partial charge in [-0.1, -0.05) is 11.6 Å². The van der Waals surface area contributed by atoms with Crippen LogP contribution in [0.2, 0.25) is 5.02 Å². The zero-order valence-corrected chi connectivity index (χ0v) is 14.1. The van der Waals surface area contributed by atoms with Gasteiger partial charge in [-0.25, -0.2) is 10.2 Å². The third-order valence-electron chi connectivity index (χ3n) is 3.30. The smallest absolute Gasteiger partial charge is 0.379 e.